The topological polar surface area (TPSA) is 55.8 Å². The molecule has 1 unspecified atom stereocenters. The lowest BCUT2D eigenvalue weighted by Crippen LogP contribution is -2.59. The number of methoxy groups -OCH3 is 1. The largest absolute Gasteiger partial charge is 0.469 e. The molecule has 4 aliphatic carbocycles. The molecular weight excluding hydrogens is 464 g/mol. The molecule has 0 bridgehead atoms. The minimum Gasteiger partial charge on any atom is -0.469 e. The number of fused-ring (bicyclic) bond motifs is 5. The maximum Gasteiger partial charge on any atom is 0.305 e. The fraction of sp³-hybridized carbons (Fsp3) is 0.968. The summed E-state index contributed by atoms with van der Waals surface area (Å²) >= 11 is 0. The second kappa shape index (κ2) is 9.97. The van der Waals surface area contributed by atoms with E-state index < -0.39 is 8.32 Å². The lowest BCUT2D eigenvalue weighted by molar-refractivity contribution is -0.173. The first kappa shape index (κ1) is 28.6. The van der Waals surface area contributed by atoms with Crippen molar-refractivity contribution in [2.75, 3.05) is 7.11 Å². The minimum atomic E-state index is -1.78. The van der Waals surface area contributed by atoms with Gasteiger partial charge in [0.1, 0.15) is 0 Å². The number of aliphatic hydroxyl groups is 1. The van der Waals surface area contributed by atoms with Gasteiger partial charge in [-0.1, -0.05) is 41.5 Å². The van der Waals surface area contributed by atoms with Crippen molar-refractivity contribution in [1.29, 1.82) is 0 Å². The third kappa shape index (κ3) is 4.88. The molecule has 4 nitrogen and oxygen atoms in total. The van der Waals surface area contributed by atoms with Crippen LogP contribution in [0, 0.1) is 46.3 Å². The summed E-state index contributed by atoms with van der Waals surface area (Å²) in [5.41, 5.74) is 0.636. The first-order valence-corrected chi connectivity index (χ1v) is 18.0. The Labute approximate surface area is 222 Å². The number of aliphatic hydroxyl groups excluding tert-OH is 1. The summed E-state index contributed by atoms with van der Waals surface area (Å²) in [7, 11) is -0.286. The van der Waals surface area contributed by atoms with Gasteiger partial charge in [-0.2, -0.15) is 0 Å². The fourth-order valence-corrected chi connectivity index (χ4v) is 10.9. The average molecular weight is 521 g/mol. The summed E-state index contributed by atoms with van der Waals surface area (Å²) < 4.78 is 11.8. The summed E-state index contributed by atoms with van der Waals surface area (Å²) in [6.07, 6.45) is 11.2. The Bertz CT molecular complexity index is 805. The molecule has 0 spiro atoms. The molecule has 0 aromatic heterocycles. The fourth-order valence-electron chi connectivity index (χ4n) is 9.51. The van der Waals surface area contributed by atoms with Gasteiger partial charge in [0.15, 0.2) is 8.32 Å². The number of carbonyl (C=O) groups is 1. The van der Waals surface area contributed by atoms with E-state index in [0.717, 1.165) is 19.3 Å². The molecular formula is C31H56O4Si. The van der Waals surface area contributed by atoms with E-state index in [1.165, 1.54) is 45.6 Å². The monoisotopic (exact) mass is 520 g/mol. The van der Waals surface area contributed by atoms with Crippen LogP contribution in [0.25, 0.3) is 0 Å². The molecule has 4 aliphatic rings. The Morgan fingerprint density at radius 2 is 1.67 bits per heavy atom. The van der Waals surface area contributed by atoms with Crippen LogP contribution in [-0.2, 0) is 14.0 Å². The highest BCUT2D eigenvalue weighted by Gasteiger charge is 2.63. The van der Waals surface area contributed by atoms with Gasteiger partial charge in [-0.3, -0.25) is 4.79 Å². The van der Waals surface area contributed by atoms with Crippen LogP contribution < -0.4 is 0 Å². The van der Waals surface area contributed by atoms with Gasteiger partial charge in [-0.25, -0.2) is 0 Å². The molecule has 4 fully saturated rings. The highest BCUT2D eigenvalue weighted by atomic mass is 28.4. The van der Waals surface area contributed by atoms with Gasteiger partial charge in [0, 0.05) is 12.5 Å². The first-order valence-electron chi connectivity index (χ1n) is 15.1. The first-order chi connectivity index (χ1) is 16.6. The Kier molecular flexibility index (Phi) is 7.93. The van der Waals surface area contributed by atoms with Crippen LogP contribution in [0.1, 0.15) is 106 Å². The average Bonchev–Trinajstić information content (AvgIpc) is 3.14. The maximum absolute atomic E-state index is 11.8. The molecule has 0 aromatic rings. The quantitative estimate of drug-likeness (QED) is 0.289. The van der Waals surface area contributed by atoms with Crippen molar-refractivity contribution in [1.82, 2.24) is 0 Å². The van der Waals surface area contributed by atoms with Crippen molar-refractivity contribution < 1.29 is 19.1 Å². The zero-order chi connectivity index (χ0) is 26.7. The molecule has 4 saturated carbocycles. The molecule has 0 aliphatic heterocycles. The number of esters is 1. The van der Waals surface area contributed by atoms with E-state index >= 15 is 0 Å². The summed E-state index contributed by atoms with van der Waals surface area (Å²) in [5.74, 6) is 3.39. The number of hydrogen-bond donors (Lipinski definition) is 1. The molecule has 0 radical (unpaired) electrons. The van der Waals surface area contributed by atoms with Crippen LogP contribution in [0.5, 0.6) is 0 Å². The third-order valence-corrected chi connectivity index (χ3v) is 17.2. The van der Waals surface area contributed by atoms with Gasteiger partial charge in [0.25, 0.3) is 0 Å². The van der Waals surface area contributed by atoms with E-state index in [2.05, 4.69) is 54.6 Å². The summed E-state index contributed by atoms with van der Waals surface area (Å²) in [4.78, 5) is 11.8. The van der Waals surface area contributed by atoms with Crippen LogP contribution in [0.4, 0.5) is 0 Å². The maximum atomic E-state index is 11.8. The lowest BCUT2D eigenvalue weighted by atomic mass is 9.43. The Morgan fingerprint density at radius 1 is 1.03 bits per heavy atom. The Balaban J connectivity index is 1.47. The molecule has 0 saturated heterocycles. The second-order valence-corrected chi connectivity index (χ2v) is 20.1. The Hall–Kier alpha value is -0.393. The van der Waals surface area contributed by atoms with Gasteiger partial charge in [0.05, 0.1) is 13.2 Å². The molecule has 0 amide bonds. The third-order valence-electron chi connectivity index (χ3n) is 12.7. The zero-order valence-corrected chi connectivity index (χ0v) is 25.9. The molecule has 36 heavy (non-hydrogen) atoms. The van der Waals surface area contributed by atoms with Crippen molar-refractivity contribution in [3.63, 3.8) is 0 Å². The molecule has 5 heteroatoms. The van der Waals surface area contributed by atoms with Crippen LogP contribution in [0.2, 0.25) is 18.1 Å². The van der Waals surface area contributed by atoms with Gasteiger partial charge in [-0.05, 0) is 122 Å². The van der Waals surface area contributed by atoms with Crippen molar-refractivity contribution in [2.24, 2.45) is 46.3 Å². The SMILES string of the molecule is COC(=O)CC[C@@H](C)[C@H]1CC[C@H]2[C@@H]3[C@@H](O)C[C@@H]4CC(O[Si](C)(C)C(C)(C)C)CC[C@]4(C)[C@H]3CC[C@]12C. The number of ether oxygens (including phenoxy) is 1. The summed E-state index contributed by atoms with van der Waals surface area (Å²) in [6, 6.07) is 0. The number of hydrogen-bond acceptors (Lipinski definition) is 4. The van der Waals surface area contributed by atoms with E-state index in [0.29, 0.717) is 58.9 Å². The summed E-state index contributed by atoms with van der Waals surface area (Å²) in [5, 5.41) is 11.9. The van der Waals surface area contributed by atoms with E-state index in [-0.39, 0.29) is 17.1 Å². The number of carbonyl (C=O) groups excluding carboxylic acids is 1. The highest BCUT2D eigenvalue weighted by molar-refractivity contribution is 6.74. The van der Waals surface area contributed by atoms with Crippen molar-refractivity contribution in [3.8, 4) is 0 Å². The number of rotatable bonds is 6. The second-order valence-electron chi connectivity index (χ2n) is 15.4. The molecule has 0 aromatic carbocycles. The van der Waals surface area contributed by atoms with E-state index in [4.69, 9.17) is 9.16 Å². The lowest BCUT2D eigenvalue weighted by Gasteiger charge is -2.63. The summed E-state index contributed by atoms with van der Waals surface area (Å²) in [6.45, 7) is 19.3. The molecule has 10 atom stereocenters. The van der Waals surface area contributed by atoms with E-state index in [1.807, 2.05) is 0 Å². The smallest absolute Gasteiger partial charge is 0.305 e. The van der Waals surface area contributed by atoms with Crippen LogP contribution in [-0.4, -0.2) is 38.7 Å². The molecule has 0 heterocycles. The van der Waals surface area contributed by atoms with Crippen molar-refractivity contribution in [2.45, 2.75) is 136 Å². The predicted molar refractivity (Wildman–Crippen MR) is 149 cm³/mol. The highest BCUT2D eigenvalue weighted by Crippen LogP contribution is 2.68. The minimum absolute atomic E-state index is 0.0833. The van der Waals surface area contributed by atoms with Gasteiger partial charge >= 0.3 is 5.97 Å². The van der Waals surface area contributed by atoms with E-state index in [9.17, 15) is 9.90 Å². The molecule has 1 N–H and O–H groups in total. The van der Waals surface area contributed by atoms with E-state index in [1.54, 1.807) is 0 Å². The van der Waals surface area contributed by atoms with Crippen molar-refractivity contribution in [3.05, 3.63) is 0 Å². The van der Waals surface area contributed by atoms with Crippen LogP contribution in [0.15, 0.2) is 0 Å². The zero-order valence-electron chi connectivity index (χ0n) is 24.9. The van der Waals surface area contributed by atoms with Gasteiger partial charge in [0.2, 0.25) is 0 Å². The van der Waals surface area contributed by atoms with Crippen LogP contribution >= 0.6 is 0 Å². The predicted octanol–water partition coefficient (Wildman–Crippen LogP) is 7.60. The standard InChI is InChI=1S/C31H56O4Si/c1-20(10-13-27(33)34-7)23-11-12-24-28-25(15-17-31(23,24)6)30(5)16-14-22(18-21(30)19-26(28)32)35-36(8,9)29(2,3)4/h20-26,28,32H,10-19H2,1-9H3/t20-,21+,22?,23-,24+,25+,26+,28+,30+,31-/m1/s1. The van der Waals surface area contributed by atoms with Gasteiger partial charge in [-0.15, -0.1) is 0 Å². The molecule has 208 valence electrons. The van der Waals surface area contributed by atoms with Crippen LogP contribution in [0.3, 0.4) is 0 Å². The van der Waals surface area contributed by atoms with Gasteiger partial charge < -0.3 is 14.3 Å². The normalized spacial score (nSPS) is 43.8. The molecule has 4 rings (SSSR count). The Morgan fingerprint density at radius 3 is 2.31 bits per heavy atom. The van der Waals surface area contributed by atoms with Crippen molar-refractivity contribution >= 4 is 14.3 Å².